The monoisotopic (exact) mass is 382 g/mol. The van der Waals surface area contributed by atoms with E-state index < -0.39 is 10.7 Å². The highest BCUT2D eigenvalue weighted by Crippen LogP contribution is 2.37. The van der Waals surface area contributed by atoms with Gasteiger partial charge in [0.25, 0.3) is 5.69 Å². The van der Waals surface area contributed by atoms with Gasteiger partial charge in [-0.1, -0.05) is 41.9 Å². The number of H-pyrrole nitrogens is 1. The van der Waals surface area contributed by atoms with Gasteiger partial charge < -0.3 is 5.32 Å². The molecule has 0 amide bonds. The van der Waals surface area contributed by atoms with Crippen molar-refractivity contribution in [2.24, 2.45) is 0 Å². The number of halogens is 2. The molecule has 6 nitrogen and oxygen atoms in total. The number of fused-ring (bicyclic) bond motifs is 1. The van der Waals surface area contributed by atoms with E-state index in [0.717, 1.165) is 5.56 Å². The van der Waals surface area contributed by atoms with Crippen molar-refractivity contribution >= 4 is 39.7 Å². The number of aromatic amines is 1. The van der Waals surface area contributed by atoms with Gasteiger partial charge in [-0.2, -0.15) is 5.10 Å². The van der Waals surface area contributed by atoms with E-state index in [-0.39, 0.29) is 16.2 Å². The van der Waals surface area contributed by atoms with Crippen LogP contribution in [-0.2, 0) is 0 Å². The van der Waals surface area contributed by atoms with Gasteiger partial charge in [-0.25, -0.2) is 4.39 Å². The molecule has 0 atom stereocenters. The predicted octanol–water partition coefficient (Wildman–Crippen LogP) is 5.67. The van der Waals surface area contributed by atoms with E-state index in [1.165, 1.54) is 12.1 Å². The molecular formula is C19H12ClFN4O2. The smallest absolute Gasteiger partial charge is 0.269 e. The molecule has 0 fully saturated rings. The lowest BCUT2D eigenvalue weighted by Gasteiger charge is -2.08. The zero-order chi connectivity index (χ0) is 19.0. The summed E-state index contributed by atoms with van der Waals surface area (Å²) in [5.74, 6) is -0.191. The second-order valence-corrected chi connectivity index (χ2v) is 6.22. The van der Waals surface area contributed by atoms with Crippen molar-refractivity contribution in [2.75, 3.05) is 5.32 Å². The quantitative estimate of drug-likeness (QED) is 0.351. The molecule has 0 spiro atoms. The molecule has 0 saturated heterocycles. The number of rotatable bonds is 4. The number of anilines is 2. The summed E-state index contributed by atoms with van der Waals surface area (Å²) in [7, 11) is 0. The van der Waals surface area contributed by atoms with E-state index in [0.29, 0.717) is 22.5 Å². The lowest BCUT2D eigenvalue weighted by atomic mass is 10.0. The van der Waals surface area contributed by atoms with E-state index in [9.17, 15) is 14.5 Å². The zero-order valence-corrected chi connectivity index (χ0v) is 14.5. The van der Waals surface area contributed by atoms with Crippen LogP contribution in [0, 0.1) is 15.9 Å². The molecule has 0 aliphatic heterocycles. The Morgan fingerprint density at radius 2 is 1.81 bits per heavy atom. The Bertz CT molecular complexity index is 1140. The molecule has 4 rings (SSSR count). The van der Waals surface area contributed by atoms with Gasteiger partial charge in [0, 0.05) is 28.8 Å². The van der Waals surface area contributed by atoms with E-state index in [1.54, 1.807) is 18.2 Å². The summed E-state index contributed by atoms with van der Waals surface area (Å²) in [6, 6.07) is 16.9. The molecule has 0 aliphatic rings. The number of benzene rings is 3. The van der Waals surface area contributed by atoms with Crippen molar-refractivity contribution in [3.8, 4) is 11.1 Å². The van der Waals surface area contributed by atoms with E-state index in [2.05, 4.69) is 15.5 Å². The first kappa shape index (κ1) is 17.0. The van der Waals surface area contributed by atoms with Gasteiger partial charge in [-0.15, -0.1) is 0 Å². The van der Waals surface area contributed by atoms with Crippen LogP contribution in [0.2, 0.25) is 5.02 Å². The molecule has 1 aromatic heterocycles. The molecule has 2 N–H and O–H groups in total. The Labute approximate surface area is 157 Å². The Balaban J connectivity index is 1.78. The summed E-state index contributed by atoms with van der Waals surface area (Å²) < 4.78 is 14.7. The number of non-ortho nitro benzene ring substituents is 1. The summed E-state index contributed by atoms with van der Waals surface area (Å²) in [6.45, 7) is 0. The fourth-order valence-electron chi connectivity index (χ4n) is 2.82. The molecule has 8 heteroatoms. The molecule has 1 heterocycles. The van der Waals surface area contributed by atoms with Crippen LogP contribution >= 0.6 is 11.6 Å². The lowest BCUT2D eigenvalue weighted by molar-refractivity contribution is -0.384. The molecule has 134 valence electrons. The van der Waals surface area contributed by atoms with Gasteiger partial charge in [0.05, 0.1) is 9.95 Å². The zero-order valence-electron chi connectivity index (χ0n) is 13.7. The van der Waals surface area contributed by atoms with Crippen molar-refractivity contribution in [3.05, 3.63) is 81.6 Å². The summed E-state index contributed by atoms with van der Waals surface area (Å²) >= 11 is 6.22. The van der Waals surface area contributed by atoms with Crippen molar-refractivity contribution in [3.63, 3.8) is 0 Å². The predicted molar refractivity (Wildman–Crippen MR) is 103 cm³/mol. The van der Waals surface area contributed by atoms with Gasteiger partial charge in [0.15, 0.2) is 11.6 Å². The third-order valence-corrected chi connectivity index (χ3v) is 4.54. The summed E-state index contributed by atoms with van der Waals surface area (Å²) in [4.78, 5) is 10.3. The Hall–Kier alpha value is -3.45. The SMILES string of the molecule is O=[N+]([O-])c1ccc(Nc2n[nH]c3c(F)c(Cl)c(-c4ccccc4)cc23)cc1. The fourth-order valence-corrected chi connectivity index (χ4v) is 3.08. The van der Waals surface area contributed by atoms with Crippen LogP contribution in [0.1, 0.15) is 0 Å². The van der Waals surface area contributed by atoms with Gasteiger partial charge in [0.1, 0.15) is 5.52 Å². The van der Waals surface area contributed by atoms with Crippen molar-refractivity contribution in [2.45, 2.75) is 0 Å². The number of hydrogen-bond donors (Lipinski definition) is 2. The minimum atomic E-state index is -0.586. The average Bonchev–Trinajstić information content (AvgIpc) is 3.08. The normalized spacial score (nSPS) is 10.9. The average molecular weight is 383 g/mol. The maximum absolute atomic E-state index is 14.7. The fraction of sp³-hybridized carbons (Fsp3) is 0. The van der Waals surface area contributed by atoms with E-state index in [4.69, 9.17) is 11.6 Å². The molecular weight excluding hydrogens is 371 g/mol. The highest BCUT2D eigenvalue weighted by Gasteiger charge is 2.18. The lowest BCUT2D eigenvalue weighted by Crippen LogP contribution is -1.93. The first-order valence-electron chi connectivity index (χ1n) is 7.97. The molecule has 3 aromatic carbocycles. The minimum Gasteiger partial charge on any atom is -0.338 e. The van der Waals surface area contributed by atoms with Gasteiger partial charge in [-0.3, -0.25) is 15.2 Å². The summed E-state index contributed by atoms with van der Waals surface area (Å²) in [6.07, 6.45) is 0. The summed E-state index contributed by atoms with van der Waals surface area (Å²) in [5, 5.41) is 21.1. The molecule has 4 aromatic rings. The number of hydrogen-bond acceptors (Lipinski definition) is 4. The minimum absolute atomic E-state index is 0.0132. The number of nitrogens with zero attached hydrogens (tertiary/aromatic N) is 2. The third kappa shape index (κ3) is 3.09. The second-order valence-electron chi connectivity index (χ2n) is 5.84. The largest absolute Gasteiger partial charge is 0.338 e. The van der Waals surface area contributed by atoms with E-state index in [1.807, 2.05) is 30.3 Å². The highest BCUT2D eigenvalue weighted by atomic mass is 35.5. The van der Waals surface area contributed by atoms with Crippen molar-refractivity contribution < 1.29 is 9.31 Å². The maximum Gasteiger partial charge on any atom is 0.269 e. The molecule has 0 aliphatic carbocycles. The number of nitrogens with one attached hydrogen (secondary N) is 2. The van der Waals surface area contributed by atoms with Crippen molar-refractivity contribution in [1.82, 2.24) is 10.2 Å². The Morgan fingerprint density at radius 1 is 1.11 bits per heavy atom. The number of aromatic nitrogens is 2. The van der Waals surface area contributed by atoms with Crippen LogP contribution in [0.3, 0.4) is 0 Å². The molecule has 27 heavy (non-hydrogen) atoms. The first-order chi connectivity index (χ1) is 13.0. The molecule has 0 radical (unpaired) electrons. The number of nitro benzene ring substituents is 1. The van der Waals surface area contributed by atoms with Crippen LogP contribution < -0.4 is 5.32 Å². The van der Waals surface area contributed by atoms with Crippen LogP contribution in [0.25, 0.3) is 22.0 Å². The Kier molecular flexibility index (Phi) is 4.21. The van der Waals surface area contributed by atoms with Crippen LogP contribution in [0.15, 0.2) is 60.7 Å². The standard InChI is InChI=1S/C19H12ClFN4O2/c20-16-14(11-4-2-1-3-5-11)10-15-18(17(16)21)23-24-19(15)22-12-6-8-13(9-7-12)25(26)27/h1-10H,(H2,22,23,24). The molecule has 0 saturated carbocycles. The molecule has 0 unspecified atom stereocenters. The van der Waals surface area contributed by atoms with Gasteiger partial charge in [0.2, 0.25) is 0 Å². The van der Waals surface area contributed by atoms with Crippen LogP contribution in [0.5, 0.6) is 0 Å². The highest BCUT2D eigenvalue weighted by molar-refractivity contribution is 6.34. The topological polar surface area (TPSA) is 83.8 Å². The van der Waals surface area contributed by atoms with Gasteiger partial charge in [-0.05, 0) is 23.8 Å². The van der Waals surface area contributed by atoms with Crippen molar-refractivity contribution in [1.29, 1.82) is 0 Å². The first-order valence-corrected chi connectivity index (χ1v) is 8.35. The van der Waals surface area contributed by atoms with Crippen LogP contribution in [-0.4, -0.2) is 15.1 Å². The van der Waals surface area contributed by atoms with Crippen LogP contribution in [0.4, 0.5) is 21.6 Å². The van der Waals surface area contributed by atoms with E-state index >= 15 is 0 Å². The molecule has 0 bridgehead atoms. The van der Waals surface area contributed by atoms with Gasteiger partial charge >= 0.3 is 0 Å². The maximum atomic E-state index is 14.7. The third-order valence-electron chi connectivity index (χ3n) is 4.17. The summed E-state index contributed by atoms with van der Waals surface area (Å²) in [5.41, 5.74) is 2.09. The Morgan fingerprint density at radius 3 is 2.48 bits per heavy atom. The number of nitro groups is 1. The second kappa shape index (κ2) is 6.69.